The summed E-state index contributed by atoms with van der Waals surface area (Å²) in [6.45, 7) is 3.94. The van der Waals surface area contributed by atoms with E-state index in [2.05, 4.69) is 6.92 Å². The smallest absolute Gasteiger partial charge is 0.343 e. The van der Waals surface area contributed by atoms with Gasteiger partial charge in [0.25, 0.3) is 5.56 Å². The van der Waals surface area contributed by atoms with Gasteiger partial charge in [0.05, 0.1) is 29.0 Å². The van der Waals surface area contributed by atoms with Crippen LogP contribution in [0.25, 0.3) is 22.3 Å². The molecule has 2 aliphatic rings. The number of fused-ring (bicyclic) bond motifs is 5. The van der Waals surface area contributed by atoms with E-state index in [0.29, 0.717) is 35.5 Å². The zero-order valence-corrected chi connectivity index (χ0v) is 18.6. The van der Waals surface area contributed by atoms with Gasteiger partial charge in [0, 0.05) is 22.9 Å². The van der Waals surface area contributed by atoms with E-state index in [-0.39, 0.29) is 30.9 Å². The lowest BCUT2D eigenvalue weighted by atomic mass is 9.86. The third-order valence-electron chi connectivity index (χ3n) is 6.91. The maximum absolute atomic E-state index is 13.4. The Morgan fingerprint density at radius 1 is 1.27 bits per heavy atom. The number of rotatable bonds is 5. The summed E-state index contributed by atoms with van der Waals surface area (Å²) in [4.78, 5) is 42.0. The lowest BCUT2D eigenvalue weighted by molar-refractivity contribution is -0.172. The first-order chi connectivity index (χ1) is 15.8. The second kappa shape index (κ2) is 7.52. The number of aryl methyl sites for hydroxylation is 2. The molecule has 2 aliphatic heterocycles. The number of hydrogen-bond donors (Lipinski definition) is 2. The largest absolute Gasteiger partial charge is 0.458 e. The molecule has 1 amide bonds. The van der Waals surface area contributed by atoms with Gasteiger partial charge in [-0.25, -0.2) is 9.78 Å². The summed E-state index contributed by atoms with van der Waals surface area (Å²) in [6, 6.07) is 7.52. The van der Waals surface area contributed by atoms with Gasteiger partial charge in [0.2, 0.25) is 5.91 Å². The van der Waals surface area contributed by atoms with Crippen LogP contribution in [0.15, 0.2) is 29.1 Å². The van der Waals surface area contributed by atoms with Gasteiger partial charge in [0.15, 0.2) is 5.60 Å². The molecule has 1 unspecified atom stereocenters. The van der Waals surface area contributed by atoms with E-state index in [1.54, 1.807) is 17.6 Å². The van der Waals surface area contributed by atoms with Crippen LogP contribution in [0.2, 0.25) is 0 Å². The average molecular weight is 447 g/mol. The van der Waals surface area contributed by atoms with Gasteiger partial charge in [0.1, 0.15) is 6.61 Å². The van der Waals surface area contributed by atoms with Crippen molar-refractivity contribution in [2.75, 3.05) is 0 Å². The van der Waals surface area contributed by atoms with Gasteiger partial charge >= 0.3 is 5.97 Å². The molecule has 0 saturated carbocycles. The number of esters is 1. The number of aromatic nitrogens is 2. The summed E-state index contributed by atoms with van der Waals surface area (Å²) < 4.78 is 6.79. The number of pyridine rings is 2. The van der Waals surface area contributed by atoms with Crippen LogP contribution in [0.5, 0.6) is 0 Å². The third-order valence-corrected chi connectivity index (χ3v) is 6.91. The van der Waals surface area contributed by atoms with E-state index in [9.17, 15) is 19.5 Å². The van der Waals surface area contributed by atoms with Crippen LogP contribution in [0, 0.1) is 0 Å². The molecule has 0 bridgehead atoms. The molecular weight excluding hydrogens is 422 g/mol. The van der Waals surface area contributed by atoms with Crippen molar-refractivity contribution in [3.63, 3.8) is 0 Å². The van der Waals surface area contributed by atoms with Crippen LogP contribution in [0.3, 0.4) is 0 Å². The second-order valence-corrected chi connectivity index (χ2v) is 8.65. The number of benzene rings is 1. The number of aliphatic hydroxyl groups is 1. The molecule has 4 heterocycles. The molecule has 170 valence electrons. The number of amides is 1. The van der Waals surface area contributed by atoms with Gasteiger partial charge in [-0.15, -0.1) is 0 Å². The number of cyclic esters (lactones) is 1. The van der Waals surface area contributed by atoms with Crippen LogP contribution in [-0.4, -0.2) is 26.5 Å². The highest BCUT2D eigenvalue weighted by atomic mass is 16.6. The summed E-state index contributed by atoms with van der Waals surface area (Å²) in [7, 11) is 0. The van der Waals surface area contributed by atoms with Crippen molar-refractivity contribution in [2.24, 2.45) is 5.73 Å². The summed E-state index contributed by atoms with van der Waals surface area (Å²) in [6.07, 6.45) is 1.58. The molecule has 8 nitrogen and oxygen atoms in total. The molecule has 1 aromatic carbocycles. The van der Waals surface area contributed by atoms with Crippen LogP contribution in [-0.2, 0) is 45.9 Å². The first-order valence-corrected chi connectivity index (χ1v) is 11.2. The summed E-state index contributed by atoms with van der Waals surface area (Å²) in [5, 5.41) is 12.0. The van der Waals surface area contributed by atoms with Crippen molar-refractivity contribution >= 4 is 22.8 Å². The van der Waals surface area contributed by atoms with E-state index in [1.807, 2.05) is 18.2 Å². The van der Waals surface area contributed by atoms with E-state index < -0.39 is 11.6 Å². The average Bonchev–Trinajstić information content (AvgIpc) is 3.17. The minimum atomic E-state index is -1.85. The molecule has 0 aliphatic carbocycles. The Balaban J connectivity index is 1.76. The van der Waals surface area contributed by atoms with E-state index in [1.165, 1.54) is 0 Å². The number of nitrogens with two attached hydrogens (primary N) is 1. The zero-order chi connectivity index (χ0) is 23.5. The molecule has 0 saturated heterocycles. The highest BCUT2D eigenvalue weighted by Gasteiger charge is 2.45. The van der Waals surface area contributed by atoms with E-state index >= 15 is 0 Å². The number of ether oxygens (including phenoxy) is 1. The van der Waals surface area contributed by atoms with E-state index in [4.69, 9.17) is 15.5 Å². The maximum atomic E-state index is 13.4. The summed E-state index contributed by atoms with van der Waals surface area (Å²) >= 11 is 0. The van der Waals surface area contributed by atoms with Crippen molar-refractivity contribution in [1.29, 1.82) is 0 Å². The molecule has 8 heteroatoms. The molecule has 33 heavy (non-hydrogen) atoms. The third kappa shape index (κ3) is 3.01. The zero-order valence-electron chi connectivity index (χ0n) is 18.6. The highest BCUT2D eigenvalue weighted by Crippen LogP contribution is 2.40. The van der Waals surface area contributed by atoms with Crippen LogP contribution < -0.4 is 11.3 Å². The number of primary amides is 1. The highest BCUT2D eigenvalue weighted by molar-refractivity contribution is 5.91. The topological polar surface area (TPSA) is 125 Å². The Hall–Kier alpha value is -3.52. The molecule has 5 rings (SSSR count). The Bertz CT molecular complexity index is 1410. The quantitative estimate of drug-likeness (QED) is 0.451. The first kappa shape index (κ1) is 21.3. The van der Waals surface area contributed by atoms with Gasteiger partial charge in [-0.05, 0) is 42.5 Å². The Morgan fingerprint density at radius 3 is 2.76 bits per heavy atom. The van der Waals surface area contributed by atoms with Crippen molar-refractivity contribution in [3.05, 3.63) is 62.4 Å². The Morgan fingerprint density at radius 2 is 2.06 bits per heavy atom. The van der Waals surface area contributed by atoms with Crippen molar-refractivity contribution in [3.8, 4) is 11.4 Å². The number of carbonyl (C=O) groups is 2. The fourth-order valence-electron chi connectivity index (χ4n) is 5.16. The van der Waals surface area contributed by atoms with Gasteiger partial charge in [-0.2, -0.15) is 0 Å². The normalized spacial score (nSPS) is 18.6. The molecule has 0 spiro atoms. The minimum Gasteiger partial charge on any atom is -0.458 e. The first-order valence-electron chi connectivity index (χ1n) is 11.2. The summed E-state index contributed by atoms with van der Waals surface area (Å²) in [5.74, 6) is -1.09. The minimum absolute atomic E-state index is 0.100. The SMILES string of the molecule is CCc1c2c(nc3cccc(CCC(N)=O)c13)-c1cc3c(c(=O)n1C2)COC(=O)C3(O)CC. The van der Waals surface area contributed by atoms with Crippen LogP contribution in [0.4, 0.5) is 0 Å². The predicted molar refractivity (Wildman–Crippen MR) is 121 cm³/mol. The molecule has 0 fully saturated rings. The lowest BCUT2D eigenvalue weighted by Gasteiger charge is -2.31. The van der Waals surface area contributed by atoms with Crippen LogP contribution in [0.1, 0.15) is 54.5 Å². The van der Waals surface area contributed by atoms with Crippen LogP contribution >= 0.6 is 0 Å². The van der Waals surface area contributed by atoms with Gasteiger partial charge in [-0.1, -0.05) is 26.0 Å². The van der Waals surface area contributed by atoms with E-state index in [0.717, 1.165) is 34.0 Å². The lowest BCUT2D eigenvalue weighted by Crippen LogP contribution is -2.44. The standard InChI is InChI=1S/C25H25N3O5/c1-3-14-15-11-28-19(10-17-16(23(28)30)12-33-24(31)25(17,32)4-2)22(15)27-18-7-5-6-13(21(14)18)8-9-20(26)29/h5-7,10,32H,3-4,8-9,11-12H2,1-2H3,(H2,26,29). The Kier molecular flexibility index (Phi) is 4.86. The Labute approximate surface area is 190 Å². The fraction of sp³-hybridized carbons (Fsp3) is 0.360. The van der Waals surface area contributed by atoms with Crippen molar-refractivity contribution < 1.29 is 19.4 Å². The fourth-order valence-corrected chi connectivity index (χ4v) is 5.16. The molecule has 1 atom stereocenters. The predicted octanol–water partition coefficient (Wildman–Crippen LogP) is 2.06. The van der Waals surface area contributed by atoms with Gasteiger partial charge in [-0.3, -0.25) is 9.59 Å². The monoisotopic (exact) mass is 447 g/mol. The number of nitrogens with zero attached hydrogens (tertiary/aromatic N) is 2. The maximum Gasteiger partial charge on any atom is 0.343 e. The molecule has 2 aromatic heterocycles. The summed E-state index contributed by atoms with van der Waals surface area (Å²) in [5.41, 5.74) is 8.94. The van der Waals surface area contributed by atoms with Crippen molar-refractivity contribution in [1.82, 2.24) is 9.55 Å². The molecular formula is C25H25N3O5. The van der Waals surface area contributed by atoms with Gasteiger partial charge < -0.3 is 20.1 Å². The second-order valence-electron chi connectivity index (χ2n) is 8.65. The van der Waals surface area contributed by atoms with Crippen molar-refractivity contribution in [2.45, 2.75) is 58.3 Å². The molecule has 3 N–H and O–H groups in total. The number of hydrogen-bond acceptors (Lipinski definition) is 6. The number of carbonyl (C=O) groups excluding carboxylic acids is 2. The molecule has 3 aromatic rings. The molecule has 0 radical (unpaired) electrons.